The number of nitrogens with zero attached hydrogens (tertiary/aromatic N) is 2. The van der Waals surface area contributed by atoms with Crippen molar-refractivity contribution in [1.29, 1.82) is 0 Å². The van der Waals surface area contributed by atoms with Crippen molar-refractivity contribution < 1.29 is 44.1 Å². The first-order chi connectivity index (χ1) is 10.5. The summed E-state index contributed by atoms with van der Waals surface area (Å²) < 4.78 is 0. The topological polar surface area (TPSA) is 179 Å². The third-order valence-corrected chi connectivity index (χ3v) is 3.82. The van der Waals surface area contributed by atoms with E-state index >= 15 is 0 Å². The van der Waals surface area contributed by atoms with Gasteiger partial charge in [-0.1, -0.05) is 0 Å². The van der Waals surface area contributed by atoms with Gasteiger partial charge in [0.2, 0.25) is 0 Å². The Morgan fingerprint density at radius 2 is 1.08 bits per heavy atom. The van der Waals surface area contributed by atoms with Gasteiger partial charge in [0, 0.05) is 48.7 Å². The molecule has 6 N–H and O–H groups in total. The smallest absolute Gasteiger partial charge is 0.480 e. The van der Waals surface area contributed by atoms with Crippen LogP contribution in [-0.4, -0.2) is 135 Å². The average Bonchev–Trinajstić information content (AvgIpc) is 2.31. The molecular weight excluding hydrogens is 355 g/mol. The normalized spacial score (nSPS) is 11.4. The van der Waals surface area contributed by atoms with Gasteiger partial charge in [-0.15, -0.1) is 0 Å². The average molecular weight is 377 g/mol. The second kappa shape index (κ2) is 12.7. The molecule has 0 aliphatic heterocycles. The first-order valence-corrected chi connectivity index (χ1v) is 8.81. The zero-order valence-corrected chi connectivity index (χ0v) is 16.5. The van der Waals surface area contributed by atoms with Crippen molar-refractivity contribution in [1.82, 2.24) is 9.80 Å². The van der Waals surface area contributed by atoms with Crippen molar-refractivity contribution in [2.75, 3.05) is 39.3 Å². The van der Waals surface area contributed by atoms with Crippen molar-refractivity contribution in [3.8, 4) is 0 Å². The Bertz CT molecular complexity index is 403. The maximum atomic E-state index is 10.8. The molecule has 11 nitrogen and oxygen atoms in total. The van der Waals surface area contributed by atoms with E-state index in [9.17, 15) is 14.4 Å². The zero-order valence-electron chi connectivity index (χ0n) is 13.5. The molecule has 1 radical (unpaired) electrons. The molecule has 24 heavy (non-hydrogen) atoms. The number of carboxylic acids is 3. The van der Waals surface area contributed by atoms with Crippen LogP contribution in [0.1, 0.15) is 6.42 Å². The number of rotatable bonds is 13. The van der Waals surface area contributed by atoms with Crippen molar-refractivity contribution >= 4 is 56.3 Å². The monoisotopic (exact) mass is 377 g/mol. The van der Waals surface area contributed by atoms with E-state index in [1.807, 2.05) is 0 Å². The molecule has 135 valence electrons. The molecule has 0 aliphatic carbocycles. The summed E-state index contributed by atoms with van der Waals surface area (Å²) in [5.41, 5.74) is 0. The Balaban J connectivity index is 0. The molecule has 0 heterocycles. The van der Waals surface area contributed by atoms with Crippen molar-refractivity contribution in [2.24, 2.45) is 0 Å². The number of carbonyl (C=O) groups is 3. The second-order valence-corrected chi connectivity index (χ2v) is 7.09. The third-order valence-electron chi connectivity index (χ3n) is 2.80. The maximum absolute atomic E-state index is 10.8. The standard InChI is InChI=1S/C11H22N2O9Si.Na/c14-9(15)6-12(2-1-5-23(20,21)22)3-4-13(7-10(16)17)8-11(18)19;/h20-22H,1-8H2,(H,14,15)(H,16,17)(H,18,19);. The van der Waals surface area contributed by atoms with Gasteiger partial charge in [-0.25, -0.2) is 0 Å². The number of aliphatic carboxylic acids is 3. The predicted molar refractivity (Wildman–Crippen MR) is 83.4 cm³/mol. The molecule has 0 spiro atoms. The van der Waals surface area contributed by atoms with Gasteiger partial charge in [-0.2, -0.15) is 0 Å². The van der Waals surface area contributed by atoms with Gasteiger partial charge in [-0.3, -0.25) is 24.2 Å². The predicted octanol–water partition coefficient (Wildman–Crippen LogP) is -3.23. The molecule has 0 saturated heterocycles. The van der Waals surface area contributed by atoms with Gasteiger partial charge in [0.25, 0.3) is 0 Å². The Morgan fingerprint density at radius 3 is 1.46 bits per heavy atom. The second-order valence-electron chi connectivity index (χ2n) is 5.05. The zero-order chi connectivity index (χ0) is 18.0. The molecule has 0 fully saturated rings. The van der Waals surface area contributed by atoms with Crippen LogP contribution in [0, 0.1) is 0 Å². The molecule has 0 aliphatic rings. The fraction of sp³-hybridized carbons (Fsp3) is 0.727. The molecule has 0 bridgehead atoms. The summed E-state index contributed by atoms with van der Waals surface area (Å²) >= 11 is 0. The maximum Gasteiger partial charge on any atom is 0.492 e. The van der Waals surface area contributed by atoms with E-state index in [2.05, 4.69) is 0 Å². The molecule has 0 unspecified atom stereocenters. The number of hydrogen-bond acceptors (Lipinski definition) is 8. The minimum absolute atomic E-state index is 0. The molecule has 0 atom stereocenters. The summed E-state index contributed by atoms with van der Waals surface area (Å²) in [7, 11) is -4.19. The molecule has 0 saturated carbocycles. The van der Waals surface area contributed by atoms with Crippen LogP contribution in [-0.2, 0) is 14.4 Å². The molecule has 0 aromatic heterocycles. The summed E-state index contributed by atoms with van der Waals surface area (Å²) in [4.78, 5) is 61.4. The van der Waals surface area contributed by atoms with E-state index in [4.69, 9.17) is 29.7 Å². The summed E-state index contributed by atoms with van der Waals surface area (Å²) in [6, 6.07) is -0.253. The van der Waals surface area contributed by atoms with Crippen LogP contribution < -0.4 is 0 Å². The summed E-state index contributed by atoms with van der Waals surface area (Å²) in [5, 5.41) is 26.3. The SMILES string of the molecule is O=C(O)CN(CCC[Si](O)(O)O)CCN(CC(=O)O)CC(=O)O.[Na]. The molecule has 0 rings (SSSR count). The Labute approximate surface area is 161 Å². The van der Waals surface area contributed by atoms with Crippen LogP contribution in [0.25, 0.3) is 0 Å². The minimum Gasteiger partial charge on any atom is -0.480 e. The van der Waals surface area contributed by atoms with Gasteiger partial charge >= 0.3 is 26.7 Å². The van der Waals surface area contributed by atoms with Gasteiger partial charge in [0.1, 0.15) is 0 Å². The fourth-order valence-corrected chi connectivity index (χ4v) is 2.51. The van der Waals surface area contributed by atoms with Crippen LogP contribution in [0.5, 0.6) is 0 Å². The third kappa shape index (κ3) is 16.3. The molecular formula is C11H22N2NaO9Si. The molecule has 0 aromatic rings. The van der Waals surface area contributed by atoms with E-state index in [0.717, 1.165) is 4.90 Å². The van der Waals surface area contributed by atoms with Gasteiger partial charge < -0.3 is 29.7 Å². The quantitative estimate of drug-likeness (QED) is 0.178. The van der Waals surface area contributed by atoms with E-state index in [1.54, 1.807) is 0 Å². The summed E-state index contributed by atoms with van der Waals surface area (Å²) in [5.74, 6) is -3.53. The number of hydrogen-bond donors (Lipinski definition) is 6. The van der Waals surface area contributed by atoms with E-state index < -0.39 is 39.8 Å². The minimum atomic E-state index is -4.19. The Hall–Kier alpha value is -0.573. The van der Waals surface area contributed by atoms with Crippen LogP contribution in [0.15, 0.2) is 0 Å². The van der Waals surface area contributed by atoms with Gasteiger partial charge in [0.15, 0.2) is 0 Å². The summed E-state index contributed by atoms with van der Waals surface area (Å²) in [6.45, 7) is -1.11. The number of carboxylic acid groups (broad SMARTS) is 3. The largest absolute Gasteiger partial charge is 0.492 e. The molecule has 13 heteroatoms. The first kappa shape index (κ1) is 25.7. The van der Waals surface area contributed by atoms with Crippen molar-refractivity contribution in [3.05, 3.63) is 0 Å². The van der Waals surface area contributed by atoms with Crippen LogP contribution in [0.4, 0.5) is 0 Å². The summed E-state index contributed by atoms with van der Waals surface area (Å²) in [6.07, 6.45) is 0.140. The first-order valence-electron chi connectivity index (χ1n) is 6.77. The van der Waals surface area contributed by atoms with Crippen LogP contribution >= 0.6 is 0 Å². The van der Waals surface area contributed by atoms with Gasteiger partial charge in [0.05, 0.1) is 19.6 Å². The molecule has 0 amide bonds. The van der Waals surface area contributed by atoms with E-state index in [1.165, 1.54) is 4.90 Å². The van der Waals surface area contributed by atoms with Crippen LogP contribution in [0.3, 0.4) is 0 Å². The Kier molecular flexibility index (Phi) is 13.6. The van der Waals surface area contributed by atoms with E-state index in [-0.39, 0.29) is 68.2 Å². The van der Waals surface area contributed by atoms with E-state index in [0.29, 0.717) is 0 Å². The van der Waals surface area contributed by atoms with Crippen molar-refractivity contribution in [3.63, 3.8) is 0 Å². The fourth-order valence-electron chi connectivity index (χ4n) is 1.88. The molecule has 0 aromatic carbocycles. The Morgan fingerprint density at radius 1 is 0.708 bits per heavy atom. The van der Waals surface area contributed by atoms with Crippen LogP contribution in [0.2, 0.25) is 6.04 Å². The van der Waals surface area contributed by atoms with Crippen molar-refractivity contribution in [2.45, 2.75) is 12.5 Å². The van der Waals surface area contributed by atoms with Gasteiger partial charge in [-0.05, 0) is 13.0 Å².